The summed E-state index contributed by atoms with van der Waals surface area (Å²) in [5.74, 6) is -1.23. The maximum atomic E-state index is 13.8. The number of hydrogen-bond acceptors (Lipinski definition) is 8. The molecule has 6 rings (SSSR count). The molecule has 44 heavy (non-hydrogen) atoms. The molecule has 0 radical (unpaired) electrons. The maximum Gasteiger partial charge on any atom is 0.254 e. The van der Waals surface area contributed by atoms with Gasteiger partial charge >= 0.3 is 0 Å². The summed E-state index contributed by atoms with van der Waals surface area (Å²) in [7, 11) is -2.54. The van der Waals surface area contributed by atoms with Gasteiger partial charge in [0.05, 0.1) is 34.7 Å². The van der Waals surface area contributed by atoms with Crippen molar-refractivity contribution < 1.29 is 27.5 Å². The highest BCUT2D eigenvalue weighted by Gasteiger charge is 2.42. The molecule has 0 spiro atoms. The molecule has 1 aromatic heterocycles. The number of methoxy groups -OCH3 is 1. The lowest BCUT2D eigenvalue weighted by Gasteiger charge is -2.46. The van der Waals surface area contributed by atoms with Gasteiger partial charge in [0.1, 0.15) is 10.6 Å². The highest BCUT2D eigenvalue weighted by molar-refractivity contribution is 7.92. The Hall–Kier alpha value is -4.13. The minimum atomic E-state index is -4.19. The minimum absolute atomic E-state index is 0.0118. The third kappa shape index (κ3) is 6.10. The average Bonchev–Trinajstić information content (AvgIpc) is 3.73. The van der Waals surface area contributed by atoms with Gasteiger partial charge in [-0.05, 0) is 67.3 Å². The van der Waals surface area contributed by atoms with Gasteiger partial charge in [-0.25, -0.2) is 13.4 Å². The molecule has 1 saturated carbocycles. The second-order valence-electron chi connectivity index (χ2n) is 11.4. The summed E-state index contributed by atoms with van der Waals surface area (Å²) < 4.78 is 33.6. The Balaban J connectivity index is 1.25. The Kier molecular flexibility index (Phi) is 7.99. The molecule has 1 aliphatic carbocycles. The molecule has 3 amide bonds. The highest BCUT2D eigenvalue weighted by Crippen LogP contribution is 2.36. The Morgan fingerprint density at radius 1 is 1.02 bits per heavy atom. The molecule has 2 N–H and O–H groups in total. The zero-order chi connectivity index (χ0) is 31.1. The highest BCUT2D eigenvalue weighted by atomic mass is 32.2. The number of fused-ring (bicyclic) bond motifs is 1. The standard InChI is InChI=1S/C32H32N4O6S2/c1-32(42-2)18-36(19-32)31(39)21-10-8-20(9-11-21)22-12-15-25-26(16-22)43-30(35-25)28(44(40,41)24-6-4-3-5-7-24)29(38)33-17-27(37)34-23-13-14-23/h3-12,15-16,23,28H,13-14,17-19H2,1-2H3,(H,33,38)(H,34,37). The molecule has 1 saturated heterocycles. The molecule has 1 unspecified atom stereocenters. The van der Waals surface area contributed by atoms with Crippen LogP contribution in [0.3, 0.4) is 0 Å². The SMILES string of the molecule is COC1(C)CN(C(=O)c2ccc(-c3ccc4nc(C(C(=O)NCC(=O)NC5CC5)S(=O)(=O)c5ccccc5)sc4c3)cc2)C1. The van der Waals surface area contributed by atoms with E-state index in [1.807, 2.05) is 31.2 Å². The van der Waals surface area contributed by atoms with Gasteiger partial charge in [0.25, 0.3) is 5.91 Å². The number of nitrogens with zero attached hydrogens (tertiary/aromatic N) is 2. The third-order valence-corrected chi connectivity index (χ3v) is 11.1. The van der Waals surface area contributed by atoms with E-state index in [4.69, 9.17) is 4.74 Å². The number of benzene rings is 3. The lowest BCUT2D eigenvalue weighted by Crippen LogP contribution is -2.62. The molecule has 1 atom stereocenters. The number of nitrogens with one attached hydrogen (secondary N) is 2. The molecule has 10 nitrogen and oxygen atoms in total. The lowest BCUT2D eigenvalue weighted by molar-refractivity contribution is -0.126. The van der Waals surface area contributed by atoms with E-state index in [9.17, 15) is 22.8 Å². The van der Waals surface area contributed by atoms with Crippen molar-refractivity contribution in [2.75, 3.05) is 26.7 Å². The molecule has 2 aliphatic rings. The Labute approximate surface area is 259 Å². The second kappa shape index (κ2) is 11.8. The number of aromatic nitrogens is 1. The molecule has 0 bridgehead atoms. The smallest absolute Gasteiger partial charge is 0.254 e. The molecule has 228 valence electrons. The monoisotopic (exact) mass is 632 g/mol. The van der Waals surface area contributed by atoms with Crippen LogP contribution in [0.25, 0.3) is 21.3 Å². The van der Waals surface area contributed by atoms with Crippen molar-refractivity contribution in [3.05, 3.63) is 83.4 Å². The number of ether oxygens (including phenoxy) is 1. The van der Waals surface area contributed by atoms with Gasteiger partial charge in [0, 0.05) is 18.7 Å². The number of amides is 3. The summed E-state index contributed by atoms with van der Waals surface area (Å²) in [5, 5.41) is 3.77. The van der Waals surface area contributed by atoms with Crippen molar-refractivity contribution in [3.8, 4) is 11.1 Å². The fourth-order valence-electron chi connectivity index (χ4n) is 5.15. The number of sulfone groups is 1. The molecule has 1 aliphatic heterocycles. The Bertz CT molecular complexity index is 1830. The van der Waals surface area contributed by atoms with E-state index in [1.165, 1.54) is 12.1 Å². The van der Waals surface area contributed by atoms with Crippen molar-refractivity contribution in [3.63, 3.8) is 0 Å². The molecular weight excluding hydrogens is 601 g/mol. The van der Waals surface area contributed by atoms with Gasteiger partial charge in [-0.3, -0.25) is 14.4 Å². The predicted octanol–water partition coefficient (Wildman–Crippen LogP) is 3.73. The first-order chi connectivity index (χ1) is 21.1. The summed E-state index contributed by atoms with van der Waals surface area (Å²) in [4.78, 5) is 44.8. The molecule has 2 fully saturated rings. The Morgan fingerprint density at radius 3 is 2.36 bits per heavy atom. The summed E-state index contributed by atoms with van der Waals surface area (Å²) >= 11 is 1.12. The van der Waals surface area contributed by atoms with E-state index in [1.54, 1.807) is 48.4 Å². The van der Waals surface area contributed by atoms with Gasteiger partial charge in [0.15, 0.2) is 15.1 Å². The van der Waals surface area contributed by atoms with Crippen molar-refractivity contribution in [2.24, 2.45) is 0 Å². The van der Waals surface area contributed by atoms with Crippen LogP contribution in [0.1, 0.15) is 40.4 Å². The third-order valence-electron chi connectivity index (χ3n) is 7.91. The van der Waals surface area contributed by atoms with Gasteiger partial charge in [-0.2, -0.15) is 0 Å². The van der Waals surface area contributed by atoms with E-state index in [0.29, 0.717) is 28.9 Å². The lowest BCUT2D eigenvalue weighted by atomic mass is 9.95. The molecule has 2 heterocycles. The van der Waals surface area contributed by atoms with Crippen molar-refractivity contribution in [2.45, 2.75) is 41.6 Å². The quantitative estimate of drug-likeness (QED) is 0.272. The van der Waals surface area contributed by atoms with Gasteiger partial charge in [-0.1, -0.05) is 36.4 Å². The summed E-state index contributed by atoms with van der Waals surface area (Å²) in [6.07, 6.45) is 1.79. The van der Waals surface area contributed by atoms with E-state index < -0.39 is 21.0 Å². The van der Waals surface area contributed by atoms with E-state index >= 15 is 0 Å². The molecule has 3 aromatic carbocycles. The van der Waals surface area contributed by atoms with Gasteiger partial charge in [0.2, 0.25) is 11.8 Å². The largest absolute Gasteiger partial charge is 0.375 e. The second-order valence-corrected chi connectivity index (χ2v) is 14.5. The normalized spacial score (nSPS) is 16.6. The molecular formula is C32H32N4O6S2. The molecule has 4 aromatic rings. The van der Waals surface area contributed by atoms with Crippen LogP contribution in [-0.4, -0.2) is 74.4 Å². The number of carbonyl (C=O) groups is 3. The summed E-state index contributed by atoms with van der Waals surface area (Å²) in [5.41, 5.74) is 2.55. The number of thiazole rings is 1. The van der Waals surface area contributed by atoms with Crippen LogP contribution in [0.15, 0.2) is 77.7 Å². The van der Waals surface area contributed by atoms with Crippen LogP contribution in [0.2, 0.25) is 0 Å². The summed E-state index contributed by atoms with van der Waals surface area (Å²) in [6.45, 7) is 2.73. The number of rotatable bonds is 10. The van der Waals surface area contributed by atoms with E-state index in [2.05, 4.69) is 15.6 Å². The average molecular weight is 633 g/mol. The zero-order valence-corrected chi connectivity index (χ0v) is 25.9. The van der Waals surface area contributed by atoms with E-state index in [0.717, 1.165) is 35.3 Å². The zero-order valence-electron chi connectivity index (χ0n) is 24.3. The summed E-state index contributed by atoms with van der Waals surface area (Å²) in [6, 6.07) is 20.7. The van der Waals surface area contributed by atoms with Crippen molar-refractivity contribution >= 4 is 49.1 Å². The minimum Gasteiger partial charge on any atom is -0.375 e. The van der Waals surface area contributed by atoms with Gasteiger partial charge in [-0.15, -0.1) is 11.3 Å². The first-order valence-electron chi connectivity index (χ1n) is 14.3. The van der Waals surface area contributed by atoms with Crippen LogP contribution < -0.4 is 10.6 Å². The van der Waals surface area contributed by atoms with Crippen LogP contribution >= 0.6 is 11.3 Å². The van der Waals surface area contributed by atoms with Crippen molar-refractivity contribution in [1.82, 2.24) is 20.5 Å². The fourth-order valence-corrected chi connectivity index (χ4v) is 8.16. The van der Waals surface area contributed by atoms with Crippen LogP contribution in [0, 0.1) is 0 Å². The maximum absolute atomic E-state index is 13.8. The number of likely N-dealkylation sites (tertiary alicyclic amines) is 1. The first kappa shape index (κ1) is 29.9. The van der Waals surface area contributed by atoms with Crippen LogP contribution in [-0.2, 0) is 24.2 Å². The predicted molar refractivity (Wildman–Crippen MR) is 167 cm³/mol. The van der Waals surface area contributed by atoms with Crippen LogP contribution in [0.4, 0.5) is 0 Å². The number of carbonyl (C=O) groups excluding carboxylic acids is 3. The first-order valence-corrected chi connectivity index (χ1v) is 16.6. The van der Waals surface area contributed by atoms with Crippen molar-refractivity contribution in [1.29, 1.82) is 0 Å². The molecule has 12 heteroatoms. The van der Waals surface area contributed by atoms with Crippen LogP contribution in [0.5, 0.6) is 0 Å². The fraction of sp³-hybridized carbons (Fsp3) is 0.312. The topological polar surface area (TPSA) is 135 Å². The Morgan fingerprint density at radius 2 is 1.70 bits per heavy atom. The van der Waals surface area contributed by atoms with Gasteiger partial charge < -0.3 is 20.3 Å². The van der Waals surface area contributed by atoms with E-state index in [-0.39, 0.29) is 39.9 Å². The number of hydrogen-bond donors (Lipinski definition) is 2.